The molecule has 0 aromatic heterocycles. The van der Waals surface area contributed by atoms with Crippen LogP contribution in [-0.2, 0) is 10.3 Å². The van der Waals surface area contributed by atoms with Crippen LogP contribution in [0.15, 0.2) is 60.7 Å². The predicted molar refractivity (Wildman–Crippen MR) is 92.5 cm³/mol. The molecule has 0 aliphatic carbocycles. The topological polar surface area (TPSA) is 19.0 Å². The van der Waals surface area contributed by atoms with Gasteiger partial charge in [0.05, 0.1) is 18.2 Å². The molecule has 0 spiro atoms. The molecule has 0 saturated carbocycles. The minimum absolute atomic E-state index is 0.0876. The largest absolute Gasteiger partial charge is 0.372 e. The van der Waals surface area contributed by atoms with Crippen LogP contribution >= 0.6 is 0 Å². The Labute approximate surface area is 138 Å². The average Bonchev–Trinajstić information content (AvgIpc) is 3.42. The van der Waals surface area contributed by atoms with Gasteiger partial charge in [-0.2, -0.15) is 0 Å². The maximum Gasteiger partial charge on any atom is 0.0936 e. The first kappa shape index (κ1) is 14.9. The van der Waals surface area contributed by atoms with E-state index >= 15 is 0 Å². The SMILES string of the molecule is CN1CCN(CC2CO2)CC1(c1ccccc1)c1ccccc1. The van der Waals surface area contributed by atoms with Crippen molar-refractivity contribution in [1.82, 2.24) is 9.80 Å². The molecule has 0 N–H and O–H groups in total. The second-order valence-corrected chi connectivity index (χ2v) is 6.70. The van der Waals surface area contributed by atoms with E-state index in [4.69, 9.17) is 4.74 Å². The fourth-order valence-corrected chi connectivity index (χ4v) is 3.84. The van der Waals surface area contributed by atoms with Crippen molar-refractivity contribution in [2.75, 3.05) is 39.8 Å². The van der Waals surface area contributed by atoms with E-state index in [0.717, 1.165) is 32.8 Å². The van der Waals surface area contributed by atoms with Crippen LogP contribution in [-0.4, -0.2) is 55.7 Å². The van der Waals surface area contributed by atoms with Crippen LogP contribution in [0, 0.1) is 0 Å². The molecule has 2 heterocycles. The first-order valence-electron chi connectivity index (χ1n) is 8.45. The zero-order valence-electron chi connectivity index (χ0n) is 13.7. The minimum Gasteiger partial charge on any atom is -0.372 e. The van der Waals surface area contributed by atoms with E-state index < -0.39 is 0 Å². The molecule has 1 atom stereocenters. The van der Waals surface area contributed by atoms with Gasteiger partial charge in [-0.1, -0.05) is 60.7 Å². The summed E-state index contributed by atoms with van der Waals surface area (Å²) in [7, 11) is 2.25. The quantitative estimate of drug-likeness (QED) is 0.809. The summed E-state index contributed by atoms with van der Waals surface area (Å²) in [6, 6.07) is 21.9. The molecule has 1 unspecified atom stereocenters. The van der Waals surface area contributed by atoms with Crippen LogP contribution in [0.1, 0.15) is 11.1 Å². The Kier molecular flexibility index (Phi) is 3.93. The van der Waals surface area contributed by atoms with E-state index in [9.17, 15) is 0 Å². The first-order valence-corrected chi connectivity index (χ1v) is 8.45. The Morgan fingerprint density at radius 2 is 1.52 bits per heavy atom. The Hall–Kier alpha value is -1.68. The van der Waals surface area contributed by atoms with Gasteiger partial charge in [-0.15, -0.1) is 0 Å². The van der Waals surface area contributed by atoms with Crippen LogP contribution in [0.5, 0.6) is 0 Å². The average molecular weight is 308 g/mol. The number of ether oxygens (including phenoxy) is 1. The van der Waals surface area contributed by atoms with Gasteiger partial charge in [0.15, 0.2) is 0 Å². The molecule has 4 rings (SSSR count). The fraction of sp³-hybridized carbons (Fsp3) is 0.400. The van der Waals surface area contributed by atoms with Gasteiger partial charge in [0.1, 0.15) is 0 Å². The van der Waals surface area contributed by atoms with Gasteiger partial charge in [0.25, 0.3) is 0 Å². The van der Waals surface area contributed by atoms with Gasteiger partial charge in [0, 0.05) is 26.2 Å². The molecule has 0 amide bonds. The monoisotopic (exact) mass is 308 g/mol. The summed E-state index contributed by atoms with van der Waals surface area (Å²) in [5.74, 6) is 0. The van der Waals surface area contributed by atoms with Crippen molar-refractivity contribution in [3.05, 3.63) is 71.8 Å². The highest BCUT2D eigenvalue weighted by molar-refractivity contribution is 5.39. The number of rotatable bonds is 4. The predicted octanol–water partition coefficient (Wildman–Crippen LogP) is 2.58. The molecule has 2 fully saturated rings. The second-order valence-electron chi connectivity index (χ2n) is 6.70. The summed E-state index contributed by atoms with van der Waals surface area (Å²) in [5, 5.41) is 0. The summed E-state index contributed by atoms with van der Waals surface area (Å²) >= 11 is 0. The summed E-state index contributed by atoms with van der Waals surface area (Å²) in [4.78, 5) is 5.08. The van der Waals surface area contributed by atoms with E-state index in [1.807, 2.05) is 0 Å². The van der Waals surface area contributed by atoms with Crippen LogP contribution < -0.4 is 0 Å². The van der Waals surface area contributed by atoms with Crippen molar-refractivity contribution in [3.63, 3.8) is 0 Å². The van der Waals surface area contributed by atoms with E-state index in [-0.39, 0.29) is 5.54 Å². The summed E-state index contributed by atoms with van der Waals surface area (Å²) in [6.45, 7) is 5.16. The zero-order valence-corrected chi connectivity index (χ0v) is 13.7. The first-order chi connectivity index (χ1) is 11.3. The van der Waals surface area contributed by atoms with Gasteiger partial charge in [-0.25, -0.2) is 0 Å². The zero-order chi connectivity index (χ0) is 15.7. The highest BCUT2D eigenvalue weighted by Crippen LogP contribution is 2.38. The van der Waals surface area contributed by atoms with Gasteiger partial charge in [-0.3, -0.25) is 9.80 Å². The van der Waals surface area contributed by atoms with Gasteiger partial charge < -0.3 is 4.74 Å². The highest BCUT2D eigenvalue weighted by atomic mass is 16.6. The maximum absolute atomic E-state index is 5.46. The molecule has 0 bridgehead atoms. The highest BCUT2D eigenvalue weighted by Gasteiger charge is 2.43. The van der Waals surface area contributed by atoms with Crippen molar-refractivity contribution in [1.29, 1.82) is 0 Å². The third kappa shape index (κ3) is 2.80. The molecule has 3 heteroatoms. The smallest absolute Gasteiger partial charge is 0.0936 e. The van der Waals surface area contributed by atoms with Crippen molar-refractivity contribution in [2.45, 2.75) is 11.6 Å². The van der Waals surface area contributed by atoms with Gasteiger partial charge in [0.2, 0.25) is 0 Å². The standard InChI is InChI=1S/C20H24N2O/c1-21-12-13-22(14-19-15-23-19)16-20(21,17-8-4-2-5-9-17)18-10-6-3-7-11-18/h2-11,19H,12-16H2,1H3. The molecule has 120 valence electrons. The summed E-state index contributed by atoms with van der Waals surface area (Å²) in [5.41, 5.74) is 2.65. The van der Waals surface area contributed by atoms with Crippen LogP contribution in [0.4, 0.5) is 0 Å². The lowest BCUT2D eigenvalue weighted by Gasteiger charge is -2.50. The third-order valence-corrected chi connectivity index (χ3v) is 5.22. The molecule has 2 saturated heterocycles. The summed E-state index contributed by atoms with van der Waals surface area (Å²) < 4.78 is 5.46. The molecular weight excluding hydrogens is 284 g/mol. The Morgan fingerprint density at radius 1 is 0.957 bits per heavy atom. The van der Waals surface area contributed by atoms with Crippen molar-refractivity contribution in [3.8, 4) is 0 Å². The molecule has 2 aliphatic heterocycles. The molecule has 2 aliphatic rings. The van der Waals surface area contributed by atoms with E-state index in [1.165, 1.54) is 11.1 Å². The Balaban J connectivity index is 1.77. The molecule has 23 heavy (non-hydrogen) atoms. The lowest BCUT2D eigenvalue weighted by atomic mass is 9.79. The van der Waals surface area contributed by atoms with E-state index in [2.05, 4.69) is 77.5 Å². The molecule has 0 radical (unpaired) electrons. The minimum atomic E-state index is -0.0876. The number of epoxide rings is 1. The fourth-order valence-electron chi connectivity index (χ4n) is 3.84. The van der Waals surface area contributed by atoms with Crippen LogP contribution in [0.2, 0.25) is 0 Å². The van der Waals surface area contributed by atoms with Crippen molar-refractivity contribution >= 4 is 0 Å². The second kappa shape index (κ2) is 6.08. The van der Waals surface area contributed by atoms with Crippen molar-refractivity contribution < 1.29 is 4.74 Å². The molecule has 3 nitrogen and oxygen atoms in total. The molecular formula is C20H24N2O. The normalized spacial score (nSPS) is 24.5. The van der Waals surface area contributed by atoms with Gasteiger partial charge in [-0.05, 0) is 18.2 Å². The lowest BCUT2D eigenvalue weighted by Crippen LogP contribution is -2.59. The third-order valence-electron chi connectivity index (χ3n) is 5.22. The van der Waals surface area contributed by atoms with Gasteiger partial charge >= 0.3 is 0 Å². The Bertz CT molecular complexity index is 600. The Morgan fingerprint density at radius 3 is 2.04 bits per heavy atom. The van der Waals surface area contributed by atoms with E-state index in [0.29, 0.717) is 6.10 Å². The number of nitrogens with zero attached hydrogens (tertiary/aromatic N) is 2. The maximum atomic E-state index is 5.46. The summed E-state index contributed by atoms with van der Waals surface area (Å²) in [6.07, 6.45) is 0.447. The van der Waals surface area contributed by atoms with Crippen molar-refractivity contribution in [2.24, 2.45) is 0 Å². The molecule has 2 aromatic carbocycles. The van der Waals surface area contributed by atoms with E-state index in [1.54, 1.807) is 0 Å². The number of benzene rings is 2. The lowest BCUT2D eigenvalue weighted by molar-refractivity contribution is 0.0364. The van der Waals surface area contributed by atoms with Crippen LogP contribution in [0.3, 0.4) is 0 Å². The number of hydrogen-bond acceptors (Lipinski definition) is 3. The number of piperazine rings is 1. The number of likely N-dealkylation sites (N-methyl/N-ethyl adjacent to an activating group) is 1. The molecule has 2 aromatic rings. The number of hydrogen-bond donors (Lipinski definition) is 0. The van der Waals surface area contributed by atoms with Crippen LogP contribution in [0.25, 0.3) is 0 Å².